The van der Waals surface area contributed by atoms with Crippen molar-refractivity contribution in [1.29, 1.82) is 0 Å². The fraction of sp³-hybridized carbons (Fsp3) is 0.846. The summed E-state index contributed by atoms with van der Waals surface area (Å²) in [6.45, 7) is 3.56. The Kier molecular flexibility index (Phi) is 5.15. The molecule has 0 spiro atoms. The van der Waals surface area contributed by atoms with Crippen LogP contribution < -0.4 is 0 Å². The van der Waals surface area contributed by atoms with Crippen LogP contribution in [0.3, 0.4) is 0 Å². The van der Waals surface area contributed by atoms with Gasteiger partial charge in [0.1, 0.15) is 0 Å². The van der Waals surface area contributed by atoms with E-state index in [1.54, 1.807) is 0 Å². The van der Waals surface area contributed by atoms with Crippen molar-refractivity contribution in [3.63, 3.8) is 0 Å². The van der Waals surface area contributed by atoms with Crippen LogP contribution in [0.15, 0.2) is 4.52 Å². The Balaban J connectivity index is 1.73. The van der Waals surface area contributed by atoms with Crippen LogP contribution in [0.25, 0.3) is 0 Å². The van der Waals surface area contributed by atoms with Gasteiger partial charge < -0.3 is 4.52 Å². The zero-order valence-electron chi connectivity index (χ0n) is 12.2. The molecule has 1 saturated heterocycles. The van der Waals surface area contributed by atoms with E-state index in [1.807, 2.05) is 7.05 Å². The molecule has 0 aliphatic carbocycles. The summed E-state index contributed by atoms with van der Waals surface area (Å²) in [7, 11) is -0.771. The first-order valence-electron chi connectivity index (χ1n) is 7.19. The fourth-order valence-corrected chi connectivity index (χ4v) is 4.40. The summed E-state index contributed by atoms with van der Waals surface area (Å²) in [6, 6.07) is 0. The molecule has 0 saturated carbocycles. The summed E-state index contributed by atoms with van der Waals surface area (Å²) in [6.07, 6.45) is 3.56. The smallest absolute Gasteiger partial charge is 0.240 e. The molecule has 7 heteroatoms. The molecule has 1 aliphatic heterocycles. The average Bonchev–Trinajstić information content (AvgIpc) is 2.94. The van der Waals surface area contributed by atoms with E-state index in [2.05, 4.69) is 22.0 Å². The largest absolute Gasteiger partial charge is 0.338 e. The maximum atomic E-state index is 11.4. The van der Waals surface area contributed by atoms with Gasteiger partial charge in [-0.05, 0) is 38.8 Å². The van der Waals surface area contributed by atoms with E-state index < -0.39 is 9.84 Å². The summed E-state index contributed by atoms with van der Waals surface area (Å²) in [5.74, 6) is 2.40. The van der Waals surface area contributed by atoms with E-state index in [-0.39, 0.29) is 0 Å². The summed E-state index contributed by atoms with van der Waals surface area (Å²) in [5.41, 5.74) is 0. The van der Waals surface area contributed by atoms with Gasteiger partial charge in [0.2, 0.25) is 5.89 Å². The van der Waals surface area contributed by atoms with Crippen LogP contribution in [0.4, 0.5) is 0 Å². The van der Waals surface area contributed by atoms with E-state index >= 15 is 0 Å². The lowest BCUT2D eigenvalue weighted by molar-refractivity contribution is 0.253. The minimum atomic E-state index is -2.76. The number of aromatic nitrogens is 2. The maximum Gasteiger partial charge on any atom is 0.240 e. The van der Waals surface area contributed by atoms with Gasteiger partial charge in [0, 0.05) is 6.42 Å². The third-order valence-corrected chi connectivity index (χ3v) is 5.47. The van der Waals surface area contributed by atoms with Gasteiger partial charge in [-0.15, -0.1) is 0 Å². The molecule has 1 atom stereocenters. The minimum Gasteiger partial charge on any atom is -0.338 e. The Labute approximate surface area is 120 Å². The standard InChI is InChI=1S/C13H23N3O3S/c1-3-4-12-14-13(19-15-12)9-16(2)7-5-11-6-8-20(17,18)10-11/h11H,3-10H2,1-2H3/t11-/m1/s1. The average molecular weight is 301 g/mol. The Morgan fingerprint density at radius 3 is 2.90 bits per heavy atom. The lowest BCUT2D eigenvalue weighted by atomic mass is 10.1. The van der Waals surface area contributed by atoms with Crippen LogP contribution in [0.1, 0.15) is 37.9 Å². The second-order valence-electron chi connectivity index (χ2n) is 5.65. The van der Waals surface area contributed by atoms with Gasteiger partial charge in [0.15, 0.2) is 15.7 Å². The highest BCUT2D eigenvalue weighted by molar-refractivity contribution is 7.91. The topological polar surface area (TPSA) is 76.3 Å². The second-order valence-corrected chi connectivity index (χ2v) is 7.88. The second kappa shape index (κ2) is 6.67. The third-order valence-electron chi connectivity index (χ3n) is 3.63. The maximum absolute atomic E-state index is 11.4. The molecule has 1 aromatic heterocycles. The molecule has 0 unspecified atom stereocenters. The van der Waals surface area contributed by atoms with Gasteiger partial charge in [-0.2, -0.15) is 4.98 Å². The molecular weight excluding hydrogens is 278 g/mol. The summed E-state index contributed by atoms with van der Waals surface area (Å²) >= 11 is 0. The van der Waals surface area contributed by atoms with Crippen LogP contribution >= 0.6 is 0 Å². The summed E-state index contributed by atoms with van der Waals surface area (Å²) in [5, 5.41) is 3.92. The highest BCUT2D eigenvalue weighted by Crippen LogP contribution is 2.21. The van der Waals surface area contributed by atoms with Gasteiger partial charge in [0.25, 0.3) is 0 Å². The predicted octanol–water partition coefficient (Wildman–Crippen LogP) is 1.28. The minimum absolute atomic E-state index is 0.306. The van der Waals surface area contributed by atoms with Crippen LogP contribution in [0.5, 0.6) is 0 Å². The first-order chi connectivity index (χ1) is 9.48. The molecule has 1 aliphatic rings. The van der Waals surface area contributed by atoms with Crippen molar-refractivity contribution in [2.75, 3.05) is 25.1 Å². The summed E-state index contributed by atoms with van der Waals surface area (Å²) < 4.78 is 28.0. The monoisotopic (exact) mass is 301 g/mol. The molecule has 2 heterocycles. The predicted molar refractivity (Wildman–Crippen MR) is 76.0 cm³/mol. The number of hydrogen-bond acceptors (Lipinski definition) is 6. The lowest BCUT2D eigenvalue weighted by Gasteiger charge is -2.16. The SMILES string of the molecule is CCCc1noc(CN(C)CC[C@@H]2CCS(=O)(=O)C2)n1. The normalized spacial score (nSPS) is 21.6. The van der Waals surface area contributed by atoms with Crippen molar-refractivity contribution < 1.29 is 12.9 Å². The van der Waals surface area contributed by atoms with Crippen molar-refractivity contribution in [2.24, 2.45) is 5.92 Å². The third kappa shape index (κ3) is 4.56. The van der Waals surface area contributed by atoms with Crippen molar-refractivity contribution in [2.45, 2.75) is 39.2 Å². The molecular formula is C13H23N3O3S. The molecule has 114 valence electrons. The Morgan fingerprint density at radius 2 is 2.25 bits per heavy atom. The quantitative estimate of drug-likeness (QED) is 0.755. The molecule has 0 aromatic carbocycles. The van der Waals surface area contributed by atoms with E-state index in [4.69, 9.17) is 4.52 Å². The van der Waals surface area contributed by atoms with Gasteiger partial charge in [-0.1, -0.05) is 12.1 Å². The first kappa shape index (κ1) is 15.4. The Morgan fingerprint density at radius 1 is 1.45 bits per heavy atom. The molecule has 0 bridgehead atoms. The number of nitrogens with zero attached hydrogens (tertiary/aromatic N) is 3. The van der Waals surface area contributed by atoms with Crippen molar-refractivity contribution >= 4 is 9.84 Å². The number of rotatable bonds is 7. The first-order valence-corrected chi connectivity index (χ1v) is 9.01. The highest BCUT2D eigenvalue weighted by atomic mass is 32.2. The van der Waals surface area contributed by atoms with Crippen molar-refractivity contribution in [3.8, 4) is 0 Å². The zero-order valence-corrected chi connectivity index (χ0v) is 13.0. The molecule has 20 heavy (non-hydrogen) atoms. The summed E-state index contributed by atoms with van der Waals surface area (Å²) in [4.78, 5) is 6.43. The number of aryl methyl sites for hydroxylation is 1. The van der Waals surface area contributed by atoms with Gasteiger partial charge in [-0.3, -0.25) is 4.90 Å². The van der Waals surface area contributed by atoms with Crippen LogP contribution in [-0.4, -0.2) is 48.6 Å². The van der Waals surface area contributed by atoms with Crippen molar-refractivity contribution in [1.82, 2.24) is 15.0 Å². The zero-order chi connectivity index (χ0) is 14.6. The lowest BCUT2D eigenvalue weighted by Crippen LogP contribution is -2.22. The van der Waals surface area contributed by atoms with Crippen molar-refractivity contribution in [3.05, 3.63) is 11.7 Å². The van der Waals surface area contributed by atoms with Crippen LogP contribution in [-0.2, 0) is 22.8 Å². The molecule has 6 nitrogen and oxygen atoms in total. The fourth-order valence-electron chi connectivity index (χ4n) is 2.49. The Bertz CT molecular complexity index is 527. The number of sulfone groups is 1. The Hall–Kier alpha value is -0.950. The number of hydrogen-bond donors (Lipinski definition) is 0. The van der Waals surface area contributed by atoms with Gasteiger partial charge in [0.05, 0.1) is 18.1 Å². The van der Waals surface area contributed by atoms with Crippen LogP contribution in [0.2, 0.25) is 0 Å². The van der Waals surface area contributed by atoms with Gasteiger partial charge >= 0.3 is 0 Å². The van der Waals surface area contributed by atoms with E-state index in [1.165, 1.54) is 0 Å². The van der Waals surface area contributed by atoms with E-state index in [0.29, 0.717) is 29.9 Å². The highest BCUT2D eigenvalue weighted by Gasteiger charge is 2.27. The van der Waals surface area contributed by atoms with E-state index in [0.717, 1.165) is 38.1 Å². The molecule has 1 aromatic rings. The van der Waals surface area contributed by atoms with Gasteiger partial charge in [-0.25, -0.2) is 8.42 Å². The molecule has 2 rings (SSSR count). The van der Waals surface area contributed by atoms with Crippen LogP contribution in [0, 0.1) is 5.92 Å². The van der Waals surface area contributed by atoms with E-state index in [9.17, 15) is 8.42 Å². The molecule has 0 amide bonds. The molecule has 0 radical (unpaired) electrons. The molecule has 0 N–H and O–H groups in total. The molecule has 1 fully saturated rings.